The van der Waals surface area contributed by atoms with Gasteiger partial charge in [-0.3, -0.25) is 4.90 Å². The van der Waals surface area contributed by atoms with Crippen LogP contribution in [-0.4, -0.2) is 32.9 Å². The van der Waals surface area contributed by atoms with Crippen LogP contribution in [0.15, 0.2) is 24.5 Å². The molecular formula is C16H23N3. The van der Waals surface area contributed by atoms with Crippen molar-refractivity contribution < 1.29 is 0 Å². The van der Waals surface area contributed by atoms with Gasteiger partial charge in [0.2, 0.25) is 0 Å². The fourth-order valence-corrected chi connectivity index (χ4v) is 3.30. The Labute approximate surface area is 115 Å². The first kappa shape index (κ1) is 12.7. The highest BCUT2D eigenvalue weighted by atomic mass is 15.2. The zero-order chi connectivity index (χ0) is 13.4. The molecule has 1 aliphatic heterocycles. The third-order valence-corrected chi connectivity index (χ3v) is 4.26. The molecule has 19 heavy (non-hydrogen) atoms. The van der Waals surface area contributed by atoms with E-state index in [0.717, 1.165) is 12.1 Å². The number of hydrogen-bond acceptors (Lipinski definition) is 2. The first-order valence-corrected chi connectivity index (χ1v) is 7.34. The number of pyridine rings is 1. The predicted molar refractivity (Wildman–Crippen MR) is 78.5 cm³/mol. The molecule has 1 aliphatic rings. The van der Waals surface area contributed by atoms with Gasteiger partial charge < -0.3 is 4.40 Å². The Kier molecular flexibility index (Phi) is 3.31. The van der Waals surface area contributed by atoms with Crippen LogP contribution in [0.1, 0.15) is 37.9 Å². The maximum atomic E-state index is 4.81. The number of hydrogen-bond donors (Lipinski definition) is 0. The number of aromatic nitrogens is 2. The predicted octanol–water partition coefficient (Wildman–Crippen LogP) is 3.06. The summed E-state index contributed by atoms with van der Waals surface area (Å²) >= 11 is 0. The smallest absolute Gasteiger partial charge is 0.139 e. The zero-order valence-corrected chi connectivity index (χ0v) is 12.1. The van der Waals surface area contributed by atoms with Gasteiger partial charge in [0.25, 0.3) is 0 Å². The van der Waals surface area contributed by atoms with Crippen LogP contribution < -0.4 is 0 Å². The average molecular weight is 257 g/mol. The molecule has 0 spiro atoms. The van der Waals surface area contributed by atoms with E-state index in [-0.39, 0.29) is 0 Å². The normalized spacial score (nSPS) is 20.7. The third kappa shape index (κ3) is 2.39. The fourth-order valence-electron chi connectivity index (χ4n) is 3.30. The Hall–Kier alpha value is -1.35. The van der Waals surface area contributed by atoms with Crippen molar-refractivity contribution in [2.75, 3.05) is 6.54 Å². The summed E-state index contributed by atoms with van der Waals surface area (Å²) in [7, 11) is 0. The molecule has 3 nitrogen and oxygen atoms in total. The van der Waals surface area contributed by atoms with E-state index in [9.17, 15) is 0 Å². The quantitative estimate of drug-likeness (QED) is 0.842. The van der Waals surface area contributed by atoms with Crippen LogP contribution in [0, 0.1) is 6.92 Å². The maximum absolute atomic E-state index is 4.81. The minimum absolute atomic E-state index is 0.645. The molecule has 1 unspecified atom stereocenters. The van der Waals surface area contributed by atoms with E-state index >= 15 is 0 Å². The van der Waals surface area contributed by atoms with Crippen molar-refractivity contribution in [2.45, 2.75) is 52.1 Å². The minimum Gasteiger partial charge on any atom is -0.307 e. The lowest BCUT2D eigenvalue weighted by molar-refractivity contribution is 0.202. The second-order valence-corrected chi connectivity index (χ2v) is 5.99. The molecule has 0 saturated carbocycles. The van der Waals surface area contributed by atoms with Gasteiger partial charge in [-0.25, -0.2) is 4.98 Å². The Balaban J connectivity index is 1.83. The molecule has 1 fully saturated rings. The fraction of sp³-hybridized carbons (Fsp3) is 0.562. The number of likely N-dealkylation sites (tertiary alicyclic amines) is 1. The van der Waals surface area contributed by atoms with E-state index in [0.29, 0.717) is 12.1 Å². The Morgan fingerprint density at radius 1 is 1.42 bits per heavy atom. The summed E-state index contributed by atoms with van der Waals surface area (Å²) in [6, 6.07) is 5.53. The lowest BCUT2D eigenvalue weighted by atomic mass is 10.1. The molecule has 0 amide bonds. The van der Waals surface area contributed by atoms with Crippen molar-refractivity contribution in [2.24, 2.45) is 0 Å². The molecule has 1 atom stereocenters. The van der Waals surface area contributed by atoms with Crippen LogP contribution in [0.25, 0.3) is 5.65 Å². The van der Waals surface area contributed by atoms with E-state index in [4.69, 9.17) is 4.98 Å². The Bertz CT molecular complexity index is 570. The van der Waals surface area contributed by atoms with Crippen molar-refractivity contribution in [3.05, 3.63) is 35.8 Å². The van der Waals surface area contributed by atoms with Crippen molar-refractivity contribution in [1.29, 1.82) is 0 Å². The van der Waals surface area contributed by atoms with E-state index < -0.39 is 0 Å². The van der Waals surface area contributed by atoms with Crippen LogP contribution >= 0.6 is 0 Å². The highest BCUT2D eigenvalue weighted by Crippen LogP contribution is 2.23. The topological polar surface area (TPSA) is 20.5 Å². The second kappa shape index (κ2) is 4.97. The Morgan fingerprint density at radius 3 is 3.00 bits per heavy atom. The monoisotopic (exact) mass is 257 g/mol. The third-order valence-electron chi connectivity index (χ3n) is 4.26. The summed E-state index contributed by atoms with van der Waals surface area (Å²) in [4.78, 5) is 7.43. The number of rotatable bonds is 3. The highest BCUT2D eigenvalue weighted by molar-refractivity contribution is 5.47. The highest BCUT2D eigenvalue weighted by Gasteiger charge is 2.27. The van der Waals surface area contributed by atoms with E-state index in [2.05, 4.69) is 54.6 Å². The van der Waals surface area contributed by atoms with Gasteiger partial charge in [0.1, 0.15) is 5.65 Å². The lowest BCUT2D eigenvalue weighted by Gasteiger charge is -2.27. The van der Waals surface area contributed by atoms with Gasteiger partial charge in [0.15, 0.2) is 0 Å². The molecule has 0 N–H and O–H groups in total. The van der Waals surface area contributed by atoms with Crippen LogP contribution in [0.4, 0.5) is 0 Å². The molecule has 3 heteroatoms. The molecular weight excluding hydrogens is 234 g/mol. The van der Waals surface area contributed by atoms with Gasteiger partial charge in [-0.15, -0.1) is 0 Å². The van der Waals surface area contributed by atoms with Crippen molar-refractivity contribution in [1.82, 2.24) is 14.3 Å². The number of fused-ring (bicyclic) bond motifs is 1. The molecule has 0 aliphatic carbocycles. The molecule has 0 aromatic carbocycles. The summed E-state index contributed by atoms with van der Waals surface area (Å²) in [6.45, 7) is 7.97. The molecule has 2 aromatic heterocycles. The SMILES string of the molecule is Cc1cccn2cc(CC3CCCN3C(C)C)nc12. The van der Waals surface area contributed by atoms with Gasteiger partial charge in [-0.05, 0) is 51.8 Å². The number of aryl methyl sites for hydroxylation is 1. The summed E-state index contributed by atoms with van der Waals surface area (Å²) in [5, 5.41) is 0. The van der Waals surface area contributed by atoms with Crippen molar-refractivity contribution in [3.8, 4) is 0 Å². The van der Waals surface area contributed by atoms with Gasteiger partial charge >= 0.3 is 0 Å². The molecule has 3 rings (SSSR count). The van der Waals surface area contributed by atoms with Gasteiger partial charge in [-0.2, -0.15) is 0 Å². The van der Waals surface area contributed by atoms with E-state index in [1.807, 2.05) is 0 Å². The number of imidazole rings is 1. The average Bonchev–Trinajstić information content (AvgIpc) is 2.96. The molecule has 2 aromatic rings. The van der Waals surface area contributed by atoms with Gasteiger partial charge in [-0.1, -0.05) is 6.07 Å². The van der Waals surface area contributed by atoms with Gasteiger partial charge in [0.05, 0.1) is 5.69 Å². The van der Waals surface area contributed by atoms with E-state index in [1.165, 1.54) is 30.6 Å². The maximum Gasteiger partial charge on any atom is 0.139 e. The van der Waals surface area contributed by atoms with Crippen molar-refractivity contribution >= 4 is 5.65 Å². The Morgan fingerprint density at radius 2 is 2.26 bits per heavy atom. The van der Waals surface area contributed by atoms with Crippen LogP contribution in [0.3, 0.4) is 0 Å². The number of nitrogens with zero attached hydrogens (tertiary/aromatic N) is 3. The van der Waals surface area contributed by atoms with Crippen molar-refractivity contribution in [3.63, 3.8) is 0 Å². The molecule has 0 radical (unpaired) electrons. The summed E-state index contributed by atoms with van der Waals surface area (Å²) in [5.41, 5.74) is 3.58. The summed E-state index contributed by atoms with van der Waals surface area (Å²) in [5.74, 6) is 0. The van der Waals surface area contributed by atoms with Crippen LogP contribution in [0.2, 0.25) is 0 Å². The van der Waals surface area contributed by atoms with Gasteiger partial charge in [0, 0.05) is 30.9 Å². The standard InChI is InChI=1S/C16H23N3/c1-12(2)19-9-5-7-15(19)10-14-11-18-8-4-6-13(3)16(18)17-14/h4,6,8,11-12,15H,5,7,9-10H2,1-3H3. The zero-order valence-electron chi connectivity index (χ0n) is 12.1. The summed E-state index contributed by atoms with van der Waals surface area (Å²) < 4.78 is 2.15. The molecule has 3 heterocycles. The largest absolute Gasteiger partial charge is 0.307 e. The lowest BCUT2D eigenvalue weighted by Crippen LogP contribution is -2.36. The first-order chi connectivity index (χ1) is 9.15. The second-order valence-electron chi connectivity index (χ2n) is 5.99. The molecule has 0 bridgehead atoms. The van der Waals surface area contributed by atoms with E-state index in [1.54, 1.807) is 0 Å². The first-order valence-electron chi connectivity index (χ1n) is 7.34. The summed E-state index contributed by atoms with van der Waals surface area (Å²) in [6.07, 6.45) is 8.01. The van der Waals surface area contributed by atoms with Crippen LogP contribution in [-0.2, 0) is 6.42 Å². The minimum atomic E-state index is 0.645. The van der Waals surface area contributed by atoms with Crippen LogP contribution in [0.5, 0.6) is 0 Å². The molecule has 1 saturated heterocycles. The molecule has 102 valence electrons.